The summed E-state index contributed by atoms with van der Waals surface area (Å²) in [5, 5.41) is 10.7. The fourth-order valence-electron chi connectivity index (χ4n) is 4.71. The summed E-state index contributed by atoms with van der Waals surface area (Å²) in [6, 6.07) is 27.2. The molecule has 0 heterocycles. The third-order valence-corrected chi connectivity index (χ3v) is 10.0. The number of carbonyl (C=O) groups excluding carboxylic acids is 2. The second-order valence-corrected chi connectivity index (χ2v) is 14.4. The zero-order valence-corrected chi connectivity index (χ0v) is 29.1. The van der Waals surface area contributed by atoms with E-state index in [-0.39, 0.29) is 21.3 Å². The smallest absolute Gasteiger partial charge is 0.339 e. The molecular weight excluding hydrogens is 681 g/mol. The van der Waals surface area contributed by atoms with Crippen LogP contribution in [0, 0.1) is 27.7 Å². The summed E-state index contributed by atoms with van der Waals surface area (Å²) in [6.07, 6.45) is 0. The van der Waals surface area contributed by atoms with Crippen molar-refractivity contribution in [3.63, 3.8) is 0 Å². The van der Waals surface area contributed by atoms with Crippen molar-refractivity contribution >= 4 is 55.0 Å². The van der Waals surface area contributed by atoms with Crippen molar-refractivity contribution in [3.8, 4) is 11.5 Å². The SMILES string of the molecule is Cc1ccc(C)c(S(=O)(=O)Oc2ccc(NC(=O)Nc3ccc(NC(=O)Nc4ccc(OS(=O)(=O)c5cc(C)ccc5C)cc4)cc3)cc2)c1. The van der Waals surface area contributed by atoms with Gasteiger partial charge < -0.3 is 29.6 Å². The zero-order valence-electron chi connectivity index (χ0n) is 27.5. The van der Waals surface area contributed by atoms with Crippen molar-refractivity contribution in [1.82, 2.24) is 0 Å². The van der Waals surface area contributed by atoms with Crippen molar-refractivity contribution in [2.45, 2.75) is 37.5 Å². The maximum absolute atomic E-state index is 12.8. The van der Waals surface area contributed by atoms with Gasteiger partial charge in [0.2, 0.25) is 0 Å². The van der Waals surface area contributed by atoms with Crippen molar-refractivity contribution in [2.75, 3.05) is 21.3 Å². The van der Waals surface area contributed by atoms with Crippen molar-refractivity contribution in [1.29, 1.82) is 0 Å². The quantitative estimate of drug-likeness (QED) is 0.107. The van der Waals surface area contributed by atoms with Crippen LogP contribution in [0.15, 0.2) is 119 Å². The Labute approximate surface area is 290 Å². The normalized spacial score (nSPS) is 11.3. The number of anilines is 4. The van der Waals surface area contributed by atoms with E-state index < -0.39 is 32.3 Å². The van der Waals surface area contributed by atoms with Crippen LogP contribution in [0.5, 0.6) is 11.5 Å². The van der Waals surface area contributed by atoms with E-state index in [1.165, 1.54) is 48.5 Å². The van der Waals surface area contributed by atoms with Gasteiger partial charge in [-0.05, 0) is 135 Å². The Balaban J connectivity index is 1.09. The number of nitrogens with one attached hydrogen (secondary N) is 4. The number of aryl methyl sites for hydroxylation is 4. The van der Waals surface area contributed by atoms with Crippen molar-refractivity contribution < 1.29 is 34.8 Å². The molecule has 0 aliphatic heterocycles. The van der Waals surface area contributed by atoms with Gasteiger partial charge in [0.1, 0.15) is 21.3 Å². The standard InChI is InChI=1S/C36H34N4O8S2/c1-23-5-7-25(3)33(21-23)49(43,44)47-31-17-13-29(14-18-31)39-35(41)37-27-9-11-28(12-10-27)38-36(42)40-30-15-19-32(20-16-30)48-50(45,46)34-22-24(2)6-8-26(34)4/h5-22H,1-4H3,(H2,37,39,41)(H2,38,40,42). The topological polar surface area (TPSA) is 169 Å². The molecular formula is C36H34N4O8S2. The van der Waals surface area contributed by atoms with Gasteiger partial charge in [-0.3, -0.25) is 0 Å². The Hall–Kier alpha value is -5.86. The van der Waals surface area contributed by atoms with Gasteiger partial charge in [0.25, 0.3) is 0 Å². The fourth-order valence-corrected chi connectivity index (χ4v) is 7.20. The number of hydrogen-bond acceptors (Lipinski definition) is 8. The summed E-state index contributed by atoms with van der Waals surface area (Å²) < 4.78 is 61.6. The number of urea groups is 2. The lowest BCUT2D eigenvalue weighted by Crippen LogP contribution is -2.20. The first-order valence-electron chi connectivity index (χ1n) is 15.2. The van der Waals surface area contributed by atoms with Crippen LogP contribution in [-0.2, 0) is 20.2 Å². The molecule has 12 nitrogen and oxygen atoms in total. The predicted octanol–water partition coefficient (Wildman–Crippen LogP) is 7.74. The predicted molar refractivity (Wildman–Crippen MR) is 192 cm³/mol. The van der Waals surface area contributed by atoms with Gasteiger partial charge >= 0.3 is 32.3 Å². The Kier molecular flexibility index (Phi) is 10.4. The van der Waals surface area contributed by atoms with Gasteiger partial charge in [-0.1, -0.05) is 24.3 Å². The monoisotopic (exact) mass is 714 g/mol. The van der Waals surface area contributed by atoms with Crippen LogP contribution in [0.2, 0.25) is 0 Å². The molecule has 0 spiro atoms. The Morgan fingerprint density at radius 1 is 0.440 bits per heavy atom. The van der Waals surface area contributed by atoms with Gasteiger partial charge in [-0.15, -0.1) is 0 Å². The van der Waals surface area contributed by atoms with Gasteiger partial charge in [0, 0.05) is 22.7 Å². The molecule has 0 aliphatic carbocycles. The number of benzene rings is 5. The second kappa shape index (κ2) is 14.7. The molecule has 5 rings (SSSR count). The minimum Gasteiger partial charge on any atom is -0.379 e. The molecule has 0 saturated carbocycles. The highest BCUT2D eigenvalue weighted by molar-refractivity contribution is 7.87. The first-order valence-corrected chi connectivity index (χ1v) is 18.0. The molecule has 0 bridgehead atoms. The number of amides is 4. The summed E-state index contributed by atoms with van der Waals surface area (Å²) in [5.41, 5.74) is 4.40. The molecule has 0 saturated heterocycles. The van der Waals surface area contributed by atoms with Crippen LogP contribution in [0.3, 0.4) is 0 Å². The fraction of sp³-hybridized carbons (Fsp3) is 0.111. The first kappa shape index (κ1) is 35.4. The molecule has 50 heavy (non-hydrogen) atoms. The highest BCUT2D eigenvalue weighted by atomic mass is 32.2. The van der Waals surface area contributed by atoms with Crippen LogP contribution < -0.4 is 29.6 Å². The lowest BCUT2D eigenvalue weighted by Gasteiger charge is -2.12. The molecule has 4 N–H and O–H groups in total. The van der Waals surface area contributed by atoms with E-state index in [1.807, 2.05) is 12.1 Å². The maximum atomic E-state index is 12.8. The van der Waals surface area contributed by atoms with Crippen LogP contribution in [0.1, 0.15) is 22.3 Å². The van der Waals surface area contributed by atoms with Crippen LogP contribution in [-0.4, -0.2) is 28.9 Å². The lowest BCUT2D eigenvalue weighted by atomic mass is 10.2. The highest BCUT2D eigenvalue weighted by Gasteiger charge is 2.21. The van der Waals surface area contributed by atoms with E-state index in [0.29, 0.717) is 33.9 Å². The second-order valence-electron chi connectivity index (χ2n) is 11.4. The summed E-state index contributed by atoms with van der Waals surface area (Å²) in [4.78, 5) is 25.3. The van der Waals surface area contributed by atoms with Gasteiger partial charge in [0.05, 0.1) is 0 Å². The van der Waals surface area contributed by atoms with Crippen molar-refractivity contribution in [2.24, 2.45) is 0 Å². The Morgan fingerprint density at radius 2 is 0.720 bits per heavy atom. The third-order valence-electron chi connectivity index (χ3n) is 7.26. The van der Waals surface area contributed by atoms with E-state index in [4.69, 9.17) is 8.37 Å². The van der Waals surface area contributed by atoms with Gasteiger partial charge in [-0.2, -0.15) is 16.8 Å². The molecule has 258 valence electrons. The highest BCUT2D eigenvalue weighted by Crippen LogP contribution is 2.26. The molecule has 4 amide bonds. The molecule has 0 unspecified atom stereocenters. The molecule has 0 aromatic heterocycles. The van der Waals surface area contributed by atoms with E-state index in [9.17, 15) is 26.4 Å². The minimum atomic E-state index is -4.04. The molecule has 0 radical (unpaired) electrons. The van der Waals surface area contributed by atoms with Crippen LogP contribution in [0.4, 0.5) is 32.3 Å². The van der Waals surface area contributed by atoms with Gasteiger partial charge in [-0.25, -0.2) is 9.59 Å². The van der Waals surface area contributed by atoms with E-state index >= 15 is 0 Å². The summed E-state index contributed by atoms with van der Waals surface area (Å²) in [5.74, 6) is 0.184. The zero-order chi connectivity index (χ0) is 36.1. The lowest BCUT2D eigenvalue weighted by molar-refractivity contribution is 0.261. The molecule has 5 aromatic rings. The Bertz CT molecular complexity index is 2100. The minimum absolute atomic E-state index is 0.0859. The van der Waals surface area contributed by atoms with E-state index in [2.05, 4.69) is 21.3 Å². The molecule has 0 fully saturated rings. The van der Waals surface area contributed by atoms with Crippen LogP contribution in [0.25, 0.3) is 0 Å². The average Bonchev–Trinajstić information content (AvgIpc) is 3.05. The van der Waals surface area contributed by atoms with E-state index in [0.717, 1.165) is 11.1 Å². The molecule has 14 heteroatoms. The van der Waals surface area contributed by atoms with E-state index in [1.54, 1.807) is 76.2 Å². The summed E-state index contributed by atoms with van der Waals surface area (Å²) in [6.45, 7) is 6.97. The summed E-state index contributed by atoms with van der Waals surface area (Å²) in [7, 11) is -8.08. The largest absolute Gasteiger partial charge is 0.379 e. The molecule has 5 aromatic carbocycles. The molecule has 0 atom stereocenters. The van der Waals surface area contributed by atoms with Crippen LogP contribution >= 0.6 is 0 Å². The maximum Gasteiger partial charge on any atom is 0.339 e. The number of carbonyl (C=O) groups is 2. The first-order chi connectivity index (χ1) is 23.7. The van der Waals surface area contributed by atoms with Crippen molar-refractivity contribution in [3.05, 3.63) is 131 Å². The summed E-state index contributed by atoms with van der Waals surface area (Å²) >= 11 is 0. The number of rotatable bonds is 10. The Morgan fingerprint density at radius 3 is 1.02 bits per heavy atom. The molecule has 0 aliphatic rings. The third kappa shape index (κ3) is 9.18. The average molecular weight is 715 g/mol. The van der Waals surface area contributed by atoms with Gasteiger partial charge in [0.15, 0.2) is 0 Å². The number of hydrogen-bond donors (Lipinski definition) is 4.